The third kappa shape index (κ3) is 9.03. The standard InChI is InChI=1S/C86H67B3N6O3/c1-85(2,3)94-73-54-72-67(87-64-41-25-27-43-76(64)96-79-48-62(47-75(83(79)87)95(72)86(4,5)6)92(57-33-17-9-18-34-57)58-35-19-10-20-36-58)52-68(73)89-66-51-69-78(53-70(66)90-71-45-61(46-74(94)82(71)89)91(55-29-13-7-14-30-55)56-31-15-8-16-32-56)98-81-50-63(49-80-84(81)88(69)65-42-26-28-44-77(65)97-80)93(59-37-21-11-22-38-59)60-39-23-12-24-40-60/h7-54,90H,1-6H3. The van der Waals surface area contributed by atoms with Gasteiger partial charge in [-0.1, -0.05) is 158 Å². The van der Waals surface area contributed by atoms with E-state index in [9.17, 15) is 0 Å². The van der Waals surface area contributed by atoms with Gasteiger partial charge in [0.1, 0.15) is 34.5 Å². The highest BCUT2D eigenvalue weighted by molar-refractivity contribution is 7.03. The molecular formula is C86H67B3N6O3. The zero-order valence-corrected chi connectivity index (χ0v) is 55.4. The SMILES string of the molecule is CC(C)(C)N1c2cc3c(cc2B2c4cc5c(cc4Nc4cc(N(c6ccccc6)c6ccccc6)cc1c42)Oc1cc(N(c2ccccc2)c2ccccc2)cc2c1B5c1ccccc1O2)B1c2ccccc2Oc2cc(N(c4ccccc4)c4ccccc4)cc(c21)N3C(C)(C)C. The Hall–Kier alpha value is -11.7. The average molecular weight is 1260 g/mol. The van der Waals surface area contributed by atoms with Crippen LogP contribution in [0.25, 0.3) is 0 Å². The normalized spacial score (nSPS) is 13.6. The van der Waals surface area contributed by atoms with E-state index in [-0.39, 0.29) is 20.1 Å². The lowest BCUT2D eigenvalue weighted by atomic mass is 9.29. The summed E-state index contributed by atoms with van der Waals surface area (Å²) in [6.45, 7) is 13.5. The summed E-state index contributed by atoms with van der Waals surface area (Å²) in [6, 6.07) is 105. The first-order valence-electron chi connectivity index (χ1n) is 34.1. The number of fused-ring (bicyclic) bond motifs is 12. The Bertz CT molecular complexity index is 5250. The maximum absolute atomic E-state index is 7.49. The fraction of sp³-hybridized carbons (Fsp3) is 0.0930. The van der Waals surface area contributed by atoms with Crippen LogP contribution in [0.15, 0.2) is 291 Å². The molecule has 0 spiro atoms. The van der Waals surface area contributed by atoms with Crippen LogP contribution in [0.2, 0.25) is 0 Å². The molecule has 9 nitrogen and oxygen atoms in total. The minimum Gasteiger partial charge on any atom is -0.458 e. The molecule has 1 N–H and O–H groups in total. The second kappa shape index (κ2) is 21.9. The highest BCUT2D eigenvalue weighted by atomic mass is 16.5. The van der Waals surface area contributed by atoms with Crippen molar-refractivity contribution in [3.63, 3.8) is 0 Å². The molecule has 0 fully saturated rings. The largest absolute Gasteiger partial charge is 0.458 e. The number of hydrogen-bond acceptors (Lipinski definition) is 9. The van der Waals surface area contributed by atoms with Crippen molar-refractivity contribution in [1.29, 1.82) is 0 Å². The Morgan fingerprint density at radius 3 is 1.02 bits per heavy atom. The van der Waals surface area contributed by atoms with E-state index in [2.05, 4.69) is 363 Å². The van der Waals surface area contributed by atoms with Crippen molar-refractivity contribution in [2.45, 2.75) is 52.6 Å². The molecule has 12 heteroatoms. The molecule has 0 radical (unpaired) electrons. The van der Waals surface area contributed by atoms with Crippen molar-refractivity contribution in [3.8, 4) is 34.5 Å². The van der Waals surface area contributed by atoms with Crippen molar-refractivity contribution in [3.05, 3.63) is 291 Å². The Labute approximate surface area is 573 Å². The molecule has 0 aromatic heterocycles. The van der Waals surface area contributed by atoms with E-state index >= 15 is 0 Å². The van der Waals surface area contributed by atoms with Crippen molar-refractivity contribution < 1.29 is 14.2 Å². The van der Waals surface area contributed by atoms with E-state index in [0.717, 1.165) is 147 Å². The molecule has 0 unspecified atom stereocenters. The molecule has 0 saturated carbocycles. The molecule has 0 aliphatic carbocycles. The summed E-state index contributed by atoms with van der Waals surface area (Å²) in [5.74, 6) is 4.88. The van der Waals surface area contributed by atoms with Gasteiger partial charge in [-0.25, -0.2) is 0 Å². The van der Waals surface area contributed by atoms with E-state index in [1.807, 2.05) is 0 Å². The van der Waals surface area contributed by atoms with Crippen molar-refractivity contribution in [1.82, 2.24) is 0 Å². The smallest absolute Gasteiger partial charge is 0.260 e. The van der Waals surface area contributed by atoms with Crippen LogP contribution in [-0.4, -0.2) is 31.2 Å². The van der Waals surface area contributed by atoms with Gasteiger partial charge in [0, 0.05) is 109 Å². The van der Waals surface area contributed by atoms with Crippen LogP contribution in [0.1, 0.15) is 41.5 Å². The number of para-hydroxylation sites is 8. The van der Waals surface area contributed by atoms with Crippen LogP contribution < -0.4 is 93.2 Å². The summed E-state index contributed by atoms with van der Waals surface area (Å²) in [5.41, 5.74) is 25.5. The van der Waals surface area contributed by atoms with Crippen LogP contribution in [0.5, 0.6) is 34.5 Å². The molecule has 0 saturated heterocycles. The van der Waals surface area contributed by atoms with E-state index in [0.29, 0.717) is 0 Å². The van der Waals surface area contributed by atoms with Crippen molar-refractivity contribution in [2.24, 2.45) is 0 Å². The molecule has 98 heavy (non-hydrogen) atoms. The number of hydrogen-bond donors (Lipinski definition) is 1. The lowest BCUT2D eigenvalue weighted by Gasteiger charge is -2.50. The van der Waals surface area contributed by atoms with Crippen molar-refractivity contribution in [2.75, 3.05) is 29.8 Å². The lowest BCUT2D eigenvalue weighted by molar-refractivity contribution is 0.465. The number of nitrogens with zero attached hydrogens (tertiary/aromatic N) is 5. The van der Waals surface area contributed by atoms with Crippen LogP contribution in [0.4, 0.5) is 85.3 Å². The second-order valence-corrected chi connectivity index (χ2v) is 28.4. The fourth-order valence-corrected chi connectivity index (χ4v) is 16.6. The predicted octanol–water partition coefficient (Wildman–Crippen LogP) is 16.5. The van der Waals surface area contributed by atoms with Gasteiger partial charge in [-0.3, -0.25) is 0 Å². The lowest BCUT2D eigenvalue weighted by Crippen LogP contribution is -2.67. The Kier molecular flexibility index (Phi) is 12.9. The minimum atomic E-state index is -0.438. The minimum absolute atomic E-state index is 0.173. The molecule has 19 rings (SSSR count). The number of ether oxygens (including phenoxy) is 3. The fourth-order valence-electron chi connectivity index (χ4n) is 16.6. The third-order valence-electron chi connectivity index (χ3n) is 20.4. The Morgan fingerprint density at radius 1 is 0.255 bits per heavy atom. The molecule has 0 bridgehead atoms. The maximum Gasteiger partial charge on any atom is 0.260 e. The average Bonchev–Trinajstić information content (AvgIpc) is 0.687. The van der Waals surface area contributed by atoms with Crippen LogP contribution in [0, 0.1) is 0 Å². The maximum atomic E-state index is 7.49. The molecule has 13 aromatic rings. The van der Waals surface area contributed by atoms with E-state index in [1.54, 1.807) is 0 Å². The van der Waals surface area contributed by atoms with Gasteiger partial charge in [0.15, 0.2) is 0 Å². The summed E-state index contributed by atoms with van der Waals surface area (Å²) < 4.78 is 21.9. The third-order valence-corrected chi connectivity index (χ3v) is 20.4. The molecule has 0 amide bonds. The van der Waals surface area contributed by atoms with E-state index < -0.39 is 11.1 Å². The topological polar surface area (TPSA) is 55.9 Å². The highest BCUT2D eigenvalue weighted by Crippen LogP contribution is 2.51. The van der Waals surface area contributed by atoms with Crippen LogP contribution >= 0.6 is 0 Å². The summed E-state index contributed by atoms with van der Waals surface area (Å²) >= 11 is 0. The van der Waals surface area contributed by atoms with Gasteiger partial charge in [-0.05, 0) is 194 Å². The molecule has 6 aliphatic rings. The number of anilines is 15. The Morgan fingerprint density at radius 2 is 0.592 bits per heavy atom. The summed E-state index contributed by atoms with van der Waals surface area (Å²) in [6.07, 6.45) is 0. The summed E-state index contributed by atoms with van der Waals surface area (Å²) in [5, 5.41) is 4.20. The quantitative estimate of drug-likeness (QED) is 0.142. The van der Waals surface area contributed by atoms with Gasteiger partial charge in [-0.15, -0.1) is 0 Å². The molecule has 468 valence electrons. The first kappa shape index (κ1) is 57.7. The zero-order valence-electron chi connectivity index (χ0n) is 55.4. The molecular weight excluding hydrogens is 1200 g/mol. The monoisotopic (exact) mass is 1260 g/mol. The number of nitrogens with one attached hydrogen (secondary N) is 1. The van der Waals surface area contributed by atoms with Gasteiger partial charge < -0.3 is 44.0 Å². The van der Waals surface area contributed by atoms with Crippen LogP contribution in [-0.2, 0) is 0 Å². The zero-order chi connectivity index (χ0) is 65.7. The molecule has 13 aromatic carbocycles. The van der Waals surface area contributed by atoms with E-state index in [4.69, 9.17) is 14.2 Å². The molecule has 6 aliphatic heterocycles. The summed E-state index contributed by atoms with van der Waals surface area (Å²) in [4.78, 5) is 12.3. The number of rotatable bonds is 9. The van der Waals surface area contributed by atoms with Gasteiger partial charge >= 0.3 is 0 Å². The van der Waals surface area contributed by atoms with Gasteiger partial charge in [-0.2, -0.15) is 0 Å². The Balaban J connectivity index is 0.866. The second-order valence-electron chi connectivity index (χ2n) is 28.4. The summed E-state index contributed by atoms with van der Waals surface area (Å²) in [7, 11) is 0. The van der Waals surface area contributed by atoms with Gasteiger partial charge in [0.05, 0.1) is 17.1 Å². The molecule has 0 atom stereocenters. The first-order chi connectivity index (χ1) is 47.9. The predicted molar refractivity (Wildman–Crippen MR) is 410 cm³/mol. The first-order valence-corrected chi connectivity index (χ1v) is 34.1. The highest BCUT2D eigenvalue weighted by Gasteiger charge is 2.51. The van der Waals surface area contributed by atoms with Gasteiger partial charge in [0.25, 0.3) is 20.1 Å². The number of benzene rings is 13. The van der Waals surface area contributed by atoms with Crippen LogP contribution in [0.3, 0.4) is 0 Å². The van der Waals surface area contributed by atoms with E-state index in [1.165, 1.54) is 21.9 Å². The van der Waals surface area contributed by atoms with Gasteiger partial charge in [0.2, 0.25) is 0 Å². The van der Waals surface area contributed by atoms with Crippen molar-refractivity contribution >= 4 is 155 Å². The molecule has 6 heterocycles.